The van der Waals surface area contributed by atoms with Crippen LogP contribution in [-0.2, 0) is 20.8 Å². The molecular formula is C23H28N2O5S. The maximum absolute atomic E-state index is 11.5. The van der Waals surface area contributed by atoms with Crippen LogP contribution in [0.25, 0.3) is 0 Å². The lowest BCUT2D eigenvalue weighted by molar-refractivity contribution is -0.134. The van der Waals surface area contributed by atoms with Gasteiger partial charge in [0.1, 0.15) is 0 Å². The van der Waals surface area contributed by atoms with Crippen molar-refractivity contribution < 1.29 is 23.9 Å². The molecule has 0 fully saturated rings. The van der Waals surface area contributed by atoms with E-state index in [0.717, 1.165) is 30.6 Å². The van der Waals surface area contributed by atoms with Crippen LogP contribution >= 0.6 is 11.8 Å². The molecule has 0 bridgehead atoms. The summed E-state index contributed by atoms with van der Waals surface area (Å²) in [7, 11) is 0. The highest BCUT2D eigenvalue weighted by molar-refractivity contribution is 7.98. The maximum atomic E-state index is 11.5. The van der Waals surface area contributed by atoms with Gasteiger partial charge in [-0.2, -0.15) is 0 Å². The summed E-state index contributed by atoms with van der Waals surface area (Å²) in [6.07, 6.45) is 2.87. The topological polar surface area (TPSA) is 108 Å². The zero-order chi connectivity index (χ0) is 23.0. The number of hydrogen-bond acceptors (Lipinski definition) is 7. The van der Waals surface area contributed by atoms with Crippen molar-refractivity contribution in [1.29, 1.82) is 0 Å². The summed E-state index contributed by atoms with van der Waals surface area (Å²) >= 11 is 1.71. The molecular weight excluding hydrogens is 416 g/mol. The Morgan fingerprint density at radius 3 is 2.23 bits per heavy atom. The van der Waals surface area contributed by atoms with Gasteiger partial charge in [0.2, 0.25) is 5.91 Å². The van der Waals surface area contributed by atoms with Gasteiger partial charge in [-0.3, -0.25) is 14.4 Å². The number of benzene rings is 2. The number of carbonyl (C=O) groups excluding carboxylic acids is 3. The minimum Gasteiger partial charge on any atom is -0.423 e. The third kappa shape index (κ3) is 7.41. The Morgan fingerprint density at radius 1 is 1.03 bits per heavy atom. The number of rotatable bonds is 4. The molecule has 1 amide bonds. The summed E-state index contributed by atoms with van der Waals surface area (Å²) in [4.78, 5) is 33.4. The van der Waals surface area contributed by atoms with Gasteiger partial charge in [-0.25, -0.2) is 0 Å². The molecule has 0 spiro atoms. The van der Waals surface area contributed by atoms with Gasteiger partial charge >= 0.3 is 11.9 Å². The lowest BCUT2D eigenvalue weighted by atomic mass is 9.87. The molecule has 31 heavy (non-hydrogen) atoms. The molecule has 2 aromatic carbocycles. The summed E-state index contributed by atoms with van der Waals surface area (Å²) < 4.78 is 10.6. The van der Waals surface area contributed by atoms with E-state index in [-0.39, 0.29) is 23.3 Å². The molecule has 1 atom stereocenters. The fourth-order valence-electron chi connectivity index (χ4n) is 3.36. The van der Waals surface area contributed by atoms with E-state index in [2.05, 4.69) is 41.6 Å². The monoisotopic (exact) mass is 444 g/mol. The average molecular weight is 445 g/mol. The molecule has 1 heterocycles. The highest BCUT2D eigenvalue weighted by Gasteiger charge is 2.24. The Morgan fingerprint density at radius 2 is 1.65 bits per heavy atom. The lowest BCUT2D eigenvalue weighted by Gasteiger charge is -2.21. The van der Waals surface area contributed by atoms with Crippen LogP contribution < -0.4 is 20.5 Å². The van der Waals surface area contributed by atoms with Crippen LogP contribution in [0.5, 0.6) is 11.5 Å². The minimum absolute atomic E-state index is 0.121. The first-order chi connectivity index (χ1) is 14.7. The van der Waals surface area contributed by atoms with Gasteiger partial charge in [-0.1, -0.05) is 12.1 Å². The Bertz CT molecular complexity index is 957. The fourth-order valence-corrected chi connectivity index (χ4v) is 3.83. The first-order valence-electron chi connectivity index (χ1n) is 9.85. The normalized spacial score (nSPS) is 14.9. The summed E-state index contributed by atoms with van der Waals surface area (Å²) in [5, 5.41) is 3.48. The average Bonchev–Trinajstić information content (AvgIpc) is 2.89. The Labute approximate surface area is 186 Å². The van der Waals surface area contributed by atoms with Crippen molar-refractivity contribution in [1.82, 2.24) is 5.32 Å². The Kier molecular flexibility index (Phi) is 9.08. The van der Waals surface area contributed by atoms with Crippen molar-refractivity contribution >= 4 is 29.6 Å². The van der Waals surface area contributed by atoms with Crippen LogP contribution in [0.15, 0.2) is 41.3 Å². The number of amides is 1. The zero-order valence-electron chi connectivity index (χ0n) is 18.2. The molecule has 0 saturated carbocycles. The highest BCUT2D eigenvalue weighted by Crippen LogP contribution is 2.38. The number of thioether (sulfide) groups is 1. The third-order valence-corrected chi connectivity index (χ3v) is 5.23. The zero-order valence-corrected chi connectivity index (χ0v) is 19.0. The molecule has 8 heteroatoms. The van der Waals surface area contributed by atoms with E-state index in [9.17, 15) is 14.4 Å². The van der Waals surface area contributed by atoms with Gasteiger partial charge in [0.15, 0.2) is 11.5 Å². The largest absolute Gasteiger partial charge is 0.423 e. The summed E-state index contributed by atoms with van der Waals surface area (Å²) in [6, 6.07) is 12.1. The number of nitrogens with one attached hydrogen (secondary N) is 1. The first-order valence-corrected chi connectivity index (χ1v) is 11.1. The number of nitrogens with two attached hydrogens (primary N) is 1. The number of fused-ring (bicyclic) bond motifs is 1. The number of esters is 2. The van der Waals surface area contributed by atoms with E-state index in [1.54, 1.807) is 11.8 Å². The molecule has 7 nitrogen and oxygen atoms in total. The quantitative estimate of drug-likeness (QED) is 0.424. The van der Waals surface area contributed by atoms with Crippen molar-refractivity contribution in [3.63, 3.8) is 0 Å². The Balaban J connectivity index is 0.000000785. The predicted molar refractivity (Wildman–Crippen MR) is 121 cm³/mol. The van der Waals surface area contributed by atoms with Gasteiger partial charge < -0.3 is 20.5 Å². The highest BCUT2D eigenvalue weighted by atomic mass is 32.2. The molecule has 0 aromatic heterocycles. The van der Waals surface area contributed by atoms with Crippen LogP contribution in [-0.4, -0.2) is 37.2 Å². The molecule has 0 saturated heterocycles. The summed E-state index contributed by atoms with van der Waals surface area (Å²) in [6.45, 7) is 5.60. The molecule has 3 N–H and O–H groups in total. The molecule has 2 aromatic rings. The van der Waals surface area contributed by atoms with Crippen molar-refractivity contribution in [2.75, 3.05) is 19.3 Å². The molecule has 1 unspecified atom stereocenters. The summed E-state index contributed by atoms with van der Waals surface area (Å²) in [5.41, 5.74) is 7.85. The van der Waals surface area contributed by atoms with Crippen LogP contribution in [0.4, 0.5) is 0 Å². The van der Waals surface area contributed by atoms with Crippen molar-refractivity contribution in [3.05, 3.63) is 53.1 Å². The number of ether oxygens (including phenoxy) is 2. The first kappa shape index (κ1) is 24.4. The van der Waals surface area contributed by atoms with Gasteiger partial charge in [-0.15, -0.1) is 11.8 Å². The lowest BCUT2D eigenvalue weighted by Crippen LogP contribution is -2.21. The van der Waals surface area contributed by atoms with E-state index in [1.807, 2.05) is 12.1 Å². The molecule has 0 radical (unpaired) electrons. The van der Waals surface area contributed by atoms with Gasteiger partial charge in [0, 0.05) is 38.1 Å². The molecule has 1 aliphatic heterocycles. The number of primary amides is 1. The van der Waals surface area contributed by atoms with Gasteiger partial charge in [-0.05, 0) is 60.2 Å². The standard InChI is InChI=1S/C21H23NO4S.C2H5NO/c1-13(23)25-20-10-16-7-8-22-12-19(15-5-4-6-17(9-15)27-3)18(16)11-21(20)26-14(2)24;1-2(3)4/h4-6,9-11,19,22H,7-8,12H2,1-3H3;1H3,(H2,3,4). The van der Waals surface area contributed by atoms with Crippen molar-refractivity contribution in [2.45, 2.75) is 38.0 Å². The van der Waals surface area contributed by atoms with Crippen molar-refractivity contribution in [2.24, 2.45) is 5.73 Å². The smallest absolute Gasteiger partial charge is 0.308 e. The predicted octanol–water partition coefficient (Wildman–Crippen LogP) is 3.03. The van der Waals surface area contributed by atoms with Crippen LogP contribution in [0, 0.1) is 0 Å². The molecule has 1 aliphatic rings. The fraction of sp³-hybridized carbons (Fsp3) is 0.348. The SMILES string of the molecule is CC(N)=O.CSc1cccc(C2CNCCc3cc(OC(C)=O)c(OC(C)=O)cc32)c1. The molecule has 166 valence electrons. The Hall–Kier alpha value is -2.84. The van der Waals surface area contributed by atoms with E-state index in [1.165, 1.54) is 31.2 Å². The molecule has 3 rings (SSSR count). The van der Waals surface area contributed by atoms with E-state index in [4.69, 9.17) is 9.47 Å². The number of carbonyl (C=O) groups is 3. The second-order valence-corrected chi connectivity index (χ2v) is 7.96. The van der Waals surface area contributed by atoms with E-state index in [0.29, 0.717) is 0 Å². The summed E-state index contributed by atoms with van der Waals surface area (Å²) in [5.74, 6) is -0.537. The van der Waals surface area contributed by atoms with Gasteiger partial charge in [0.25, 0.3) is 0 Å². The third-order valence-electron chi connectivity index (χ3n) is 4.50. The van der Waals surface area contributed by atoms with Gasteiger partial charge in [0.05, 0.1) is 0 Å². The van der Waals surface area contributed by atoms with E-state index < -0.39 is 11.9 Å². The van der Waals surface area contributed by atoms with Crippen LogP contribution in [0.3, 0.4) is 0 Å². The second-order valence-electron chi connectivity index (χ2n) is 7.08. The van der Waals surface area contributed by atoms with Crippen LogP contribution in [0.1, 0.15) is 43.4 Å². The maximum Gasteiger partial charge on any atom is 0.308 e. The van der Waals surface area contributed by atoms with E-state index >= 15 is 0 Å². The second kappa shape index (κ2) is 11.5. The van der Waals surface area contributed by atoms with Crippen molar-refractivity contribution in [3.8, 4) is 11.5 Å². The minimum atomic E-state index is -0.448. The number of hydrogen-bond donors (Lipinski definition) is 2. The van der Waals surface area contributed by atoms with Crippen LogP contribution in [0.2, 0.25) is 0 Å². The molecule has 0 aliphatic carbocycles.